The molecule has 0 unspecified atom stereocenters. The van der Waals surface area contributed by atoms with Crippen molar-refractivity contribution in [2.24, 2.45) is 17.8 Å². The molecule has 0 heterocycles. The fourth-order valence-corrected chi connectivity index (χ4v) is 1.75. The summed E-state index contributed by atoms with van der Waals surface area (Å²) in [5.41, 5.74) is 0. The minimum Gasteiger partial charge on any atom is -0.356 e. The molecule has 2 nitrogen and oxygen atoms in total. The molecule has 0 aromatic heterocycles. The fraction of sp³-hybridized carbons (Fsp3) is 0.769. The lowest BCUT2D eigenvalue weighted by molar-refractivity contribution is -0.121. The van der Waals surface area contributed by atoms with Crippen molar-refractivity contribution in [3.8, 4) is 12.3 Å². The first kappa shape index (κ1) is 14.0. The van der Waals surface area contributed by atoms with Gasteiger partial charge in [0.1, 0.15) is 0 Å². The summed E-state index contributed by atoms with van der Waals surface area (Å²) in [4.78, 5) is 11.3. The summed E-state index contributed by atoms with van der Waals surface area (Å²) in [7, 11) is 0. The molecule has 0 radical (unpaired) electrons. The van der Waals surface area contributed by atoms with Crippen molar-refractivity contribution in [1.29, 1.82) is 0 Å². The van der Waals surface area contributed by atoms with Gasteiger partial charge in [-0.1, -0.05) is 27.7 Å². The number of carbonyl (C=O) groups is 1. The Morgan fingerprint density at radius 2 is 1.80 bits per heavy atom. The van der Waals surface area contributed by atoms with Gasteiger partial charge in [0.2, 0.25) is 5.91 Å². The van der Waals surface area contributed by atoms with Crippen molar-refractivity contribution >= 4 is 5.91 Å². The number of rotatable bonds is 6. The van der Waals surface area contributed by atoms with E-state index in [-0.39, 0.29) is 5.91 Å². The van der Waals surface area contributed by atoms with Crippen LogP contribution in [0.4, 0.5) is 0 Å². The molecule has 0 rings (SSSR count). The van der Waals surface area contributed by atoms with Crippen LogP contribution in [0.5, 0.6) is 0 Å². The topological polar surface area (TPSA) is 29.1 Å². The summed E-state index contributed by atoms with van der Waals surface area (Å²) < 4.78 is 0. The Balaban J connectivity index is 3.90. The Morgan fingerprint density at radius 1 is 1.27 bits per heavy atom. The van der Waals surface area contributed by atoms with Crippen molar-refractivity contribution in [2.75, 3.05) is 6.54 Å². The highest BCUT2D eigenvalue weighted by Gasteiger charge is 2.17. The first-order chi connectivity index (χ1) is 6.99. The molecule has 1 N–H and O–H groups in total. The van der Waals surface area contributed by atoms with E-state index in [1.54, 1.807) is 0 Å². The third-order valence-corrected chi connectivity index (χ3v) is 2.74. The number of hydrogen-bond donors (Lipinski definition) is 1. The molecule has 0 aromatic rings. The van der Waals surface area contributed by atoms with Gasteiger partial charge in [-0.3, -0.25) is 4.79 Å². The third kappa shape index (κ3) is 6.17. The molecule has 86 valence electrons. The first-order valence-electron chi connectivity index (χ1n) is 5.69. The maximum absolute atomic E-state index is 11.3. The second-order valence-corrected chi connectivity index (χ2v) is 4.66. The van der Waals surface area contributed by atoms with E-state index in [9.17, 15) is 4.79 Å². The van der Waals surface area contributed by atoms with E-state index in [4.69, 9.17) is 6.42 Å². The molecule has 0 aromatic carbocycles. The first-order valence-corrected chi connectivity index (χ1v) is 5.69. The second-order valence-electron chi connectivity index (χ2n) is 4.66. The Bertz CT molecular complexity index is 217. The average molecular weight is 209 g/mol. The highest BCUT2D eigenvalue weighted by Crippen LogP contribution is 2.19. The summed E-state index contributed by atoms with van der Waals surface area (Å²) in [6.45, 7) is 9.53. The summed E-state index contributed by atoms with van der Waals surface area (Å²) in [5.74, 6) is 4.27. The smallest absolute Gasteiger partial charge is 0.220 e. The van der Waals surface area contributed by atoms with Gasteiger partial charge in [0, 0.05) is 19.4 Å². The predicted octanol–water partition coefficient (Wildman–Crippen LogP) is 2.44. The van der Waals surface area contributed by atoms with E-state index < -0.39 is 0 Å². The van der Waals surface area contributed by atoms with Crippen molar-refractivity contribution in [3.05, 3.63) is 0 Å². The lowest BCUT2D eigenvalue weighted by Gasteiger charge is -2.24. The van der Waals surface area contributed by atoms with Gasteiger partial charge in [-0.2, -0.15) is 0 Å². The van der Waals surface area contributed by atoms with E-state index in [0.717, 1.165) is 6.54 Å². The van der Waals surface area contributed by atoms with Crippen LogP contribution >= 0.6 is 0 Å². The van der Waals surface area contributed by atoms with E-state index in [2.05, 4.69) is 38.9 Å². The molecule has 0 saturated carbocycles. The Labute approximate surface area is 93.8 Å². The maximum atomic E-state index is 11.3. The van der Waals surface area contributed by atoms with Crippen LogP contribution in [0.1, 0.15) is 40.5 Å². The van der Waals surface area contributed by atoms with Gasteiger partial charge in [0.05, 0.1) is 0 Å². The number of terminal acetylenes is 1. The summed E-state index contributed by atoms with van der Waals surface area (Å²) in [6, 6.07) is 0. The number of carbonyl (C=O) groups excluding carboxylic acids is 1. The minimum atomic E-state index is 0.0688. The Kier molecular flexibility index (Phi) is 6.86. The van der Waals surface area contributed by atoms with Gasteiger partial charge in [0.25, 0.3) is 0 Å². The van der Waals surface area contributed by atoms with Gasteiger partial charge in [-0.15, -0.1) is 12.3 Å². The molecule has 0 spiro atoms. The van der Waals surface area contributed by atoms with Gasteiger partial charge in [0.15, 0.2) is 0 Å². The molecule has 1 amide bonds. The van der Waals surface area contributed by atoms with Gasteiger partial charge in [-0.25, -0.2) is 0 Å². The van der Waals surface area contributed by atoms with Crippen molar-refractivity contribution in [2.45, 2.75) is 40.5 Å². The van der Waals surface area contributed by atoms with Gasteiger partial charge < -0.3 is 5.32 Å². The van der Waals surface area contributed by atoms with Crippen LogP contribution in [0.2, 0.25) is 0 Å². The molecular formula is C13H23NO. The molecule has 15 heavy (non-hydrogen) atoms. The number of hydrogen-bond acceptors (Lipinski definition) is 1. The van der Waals surface area contributed by atoms with Crippen LogP contribution in [0.15, 0.2) is 0 Å². The molecule has 0 fully saturated rings. The van der Waals surface area contributed by atoms with Crippen LogP contribution in [0.3, 0.4) is 0 Å². The zero-order valence-electron chi connectivity index (χ0n) is 10.3. The summed E-state index contributed by atoms with van der Waals surface area (Å²) in [5, 5.41) is 2.95. The predicted molar refractivity (Wildman–Crippen MR) is 64.2 cm³/mol. The largest absolute Gasteiger partial charge is 0.356 e. The number of nitrogens with one attached hydrogen (secondary N) is 1. The molecular weight excluding hydrogens is 186 g/mol. The normalized spacial score (nSPS) is 10.8. The second kappa shape index (κ2) is 7.34. The van der Waals surface area contributed by atoms with Gasteiger partial charge in [-0.05, 0) is 17.8 Å². The van der Waals surface area contributed by atoms with Crippen LogP contribution in [0, 0.1) is 30.1 Å². The van der Waals surface area contributed by atoms with Gasteiger partial charge >= 0.3 is 0 Å². The third-order valence-electron chi connectivity index (χ3n) is 2.74. The zero-order chi connectivity index (χ0) is 11.8. The van der Waals surface area contributed by atoms with Crippen molar-refractivity contribution < 1.29 is 4.79 Å². The number of amides is 1. The molecule has 0 aliphatic carbocycles. The van der Waals surface area contributed by atoms with E-state index in [1.807, 2.05) is 0 Å². The van der Waals surface area contributed by atoms with Crippen molar-refractivity contribution in [3.63, 3.8) is 0 Å². The summed E-state index contributed by atoms with van der Waals surface area (Å²) >= 11 is 0. The van der Waals surface area contributed by atoms with E-state index in [1.165, 1.54) is 0 Å². The monoisotopic (exact) mass is 209 g/mol. The van der Waals surface area contributed by atoms with E-state index in [0.29, 0.717) is 30.6 Å². The Morgan fingerprint density at radius 3 is 2.20 bits per heavy atom. The molecule has 0 atom stereocenters. The molecule has 0 aliphatic heterocycles. The zero-order valence-corrected chi connectivity index (χ0v) is 10.3. The highest BCUT2D eigenvalue weighted by molar-refractivity contribution is 5.76. The average Bonchev–Trinajstić information content (AvgIpc) is 2.13. The lowest BCUT2D eigenvalue weighted by Crippen LogP contribution is -2.33. The maximum Gasteiger partial charge on any atom is 0.220 e. The summed E-state index contributed by atoms with van der Waals surface area (Å²) in [6.07, 6.45) is 6.07. The molecule has 2 heteroatoms. The molecule has 0 bridgehead atoms. The Hall–Kier alpha value is -0.970. The minimum absolute atomic E-state index is 0.0688. The highest BCUT2D eigenvalue weighted by atomic mass is 16.1. The van der Waals surface area contributed by atoms with Crippen LogP contribution in [-0.4, -0.2) is 12.5 Å². The SMILES string of the molecule is C#CCCC(=O)NCC(C(C)C)C(C)C. The molecule has 0 saturated heterocycles. The molecule has 0 aliphatic rings. The lowest BCUT2D eigenvalue weighted by atomic mass is 9.85. The van der Waals surface area contributed by atoms with Crippen molar-refractivity contribution in [1.82, 2.24) is 5.32 Å². The standard InChI is InChI=1S/C13H23NO/c1-6-7-8-13(15)14-9-12(10(2)3)11(4)5/h1,10-12H,7-9H2,2-5H3,(H,14,15). The van der Waals surface area contributed by atoms with E-state index >= 15 is 0 Å². The fourth-order valence-electron chi connectivity index (χ4n) is 1.75. The van der Waals surface area contributed by atoms with Crippen LogP contribution < -0.4 is 5.32 Å². The van der Waals surface area contributed by atoms with Crippen LogP contribution in [0.25, 0.3) is 0 Å². The quantitative estimate of drug-likeness (QED) is 0.669. The van der Waals surface area contributed by atoms with Crippen LogP contribution in [-0.2, 0) is 4.79 Å².